The SMILES string of the molecule is O=C(CNC(=O)c1cccs1)NCCNc1ccccc1[N+](=O)[O-]. The van der Waals surface area contributed by atoms with Gasteiger partial charge in [-0.2, -0.15) is 0 Å². The Balaban J connectivity index is 1.68. The van der Waals surface area contributed by atoms with Crippen LogP contribution >= 0.6 is 11.3 Å². The van der Waals surface area contributed by atoms with Crippen molar-refractivity contribution < 1.29 is 14.5 Å². The summed E-state index contributed by atoms with van der Waals surface area (Å²) in [5, 5.41) is 20.7. The molecule has 0 aliphatic rings. The van der Waals surface area contributed by atoms with Gasteiger partial charge in [0.15, 0.2) is 0 Å². The van der Waals surface area contributed by atoms with Gasteiger partial charge in [-0.05, 0) is 17.5 Å². The lowest BCUT2D eigenvalue weighted by Gasteiger charge is -2.09. The molecule has 0 saturated carbocycles. The van der Waals surface area contributed by atoms with Gasteiger partial charge in [0.2, 0.25) is 5.91 Å². The molecule has 3 N–H and O–H groups in total. The molecule has 2 rings (SSSR count). The summed E-state index contributed by atoms with van der Waals surface area (Å²) >= 11 is 1.30. The number of carbonyl (C=O) groups is 2. The summed E-state index contributed by atoms with van der Waals surface area (Å²) in [6, 6.07) is 9.71. The summed E-state index contributed by atoms with van der Waals surface area (Å²) < 4.78 is 0. The van der Waals surface area contributed by atoms with E-state index in [1.165, 1.54) is 17.4 Å². The van der Waals surface area contributed by atoms with E-state index >= 15 is 0 Å². The summed E-state index contributed by atoms with van der Waals surface area (Å²) in [7, 11) is 0. The first kappa shape index (κ1) is 17.4. The highest BCUT2D eigenvalue weighted by molar-refractivity contribution is 7.12. The zero-order valence-electron chi connectivity index (χ0n) is 12.7. The van der Waals surface area contributed by atoms with E-state index in [2.05, 4.69) is 16.0 Å². The summed E-state index contributed by atoms with van der Waals surface area (Å²) in [6.45, 7) is 0.484. The van der Waals surface area contributed by atoms with Crippen molar-refractivity contribution in [3.63, 3.8) is 0 Å². The molecular formula is C15H16N4O4S. The molecule has 0 unspecified atom stereocenters. The van der Waals surface area contributed by atoms with Gasteiger partial charge in [-0.15, -0.1) is 11.3 Å². The molecule has 0 bridgehead atoms. The Morgan fingerprint density at radius 1 is 1.08 bits per heavy atom. The van der Waals surface area contributed by atoms with Crippen molar-refractivity contribution in [2.45, 2.75) is 0 Å². The molecule has 0 aliphatic carbocycles. The predicted octanol–water partition coefficient (Wildman–Crippen LogP) is 1.61. The quantitative estimate of drug-likeness (QED) is 0.381. The highest BCUT2D eigenvalue weighted by Crippen LogP contribution is 2.22. The number of carbonyl (C=O) groups excluding carboxylic acids is 2. The van der Waals surface area contributed by atoms with Crippen molar-refractivity contribution in [1.29, 1.82) is 0 Å². The lowest BCUT2D eigenvalue weighted by atomic mass is 10.2. The number of nitrogens with zero attached hydrogens (tertiary/aromatic N) is 1. The molecule has 8 nitrogen and oxygen atoms in total. The van der Waals surface area contributed by atoms with Gasteiger partial charge >= 0.3 is 0 Å². The summed E-state index contributed by atoms with van der Waals surface area (Å²) in [5.74, 6) is -0.623. The number of nitrogens with one attached hydrogen (secondary N) is 3. The molecule has 0 fully saturated rings. The van der Waals surface area contributed by atoms with E-state index in [-0.39, 0.29) is 30.6 Å². The minimum Gasteiger partial charge on any atom is -0.378 e. The standard InChI is InChI=1S/C15H16N4O4S/c20-14(10-18-15(21)13-6-3-9-24-13)17-8-7-16-11-4-1-2-5-12(11)19(22)23/h1-6,9,16H,7-8,10H2,(H,17,20)(H,18,21). The van der Waals surface area contributed by atoms with Crippen LogP contribution in [0.4, 0.5) is 11.4 Å². The van der Waals surface area contributed by atoms with Gasteiger partial charge in [0.05, 0.1) is 16.3 Å². The molecule has 0 radical (unpaired) electrons. The molecule has 2 aromatic rings. The summed E-state index contributed by atoms with van der Waals surface area (Å²) in [6.07, 6.45) is 0. The van der Waals surface area contributed by atoms with Crippen LogP contribution in [-0.2, 0) is 4.79 Å². The summed E-state index contributed by atoms with van der Waals surface area (Å²) in [5.41, 5.74) is 0.370. The third-order valence-corrected chi connectivity index (χ3v) is 3.89. The van der Waals surface area contributed by atoms with E-state index in [9.17, 15) is 19.7 Å². The maximum Gasteiger partial charge on any atom is 0.292 e. The normalized spacial score (nSPS) is 10.0. The Labute approximate surface area is 142 Å². The van der Waals surface area contributed by atoms with Crippen LogP contribution < -0.4 is 16.0 Å². The molecule has 0 saturated heterocycles. The predicted molar refractivity (Wildman–Crippen MR) is 91.2 cm³/mol. The molecule has 0 atom stereocenters. The van der Waals surface area contributed by atoms with Crippen molar-refractivity contribution in [3.8, 4) is 0 Å². The second-order valence-corrected chi connectivity index (χ2v) is 5.66. The number of amides is 2. The lowest BCUT2D eigenvalue weighted by Crippen LogP contribution is -2.38. The first-order valence-electron chi connectivity index (χ1n) is 7.13. The van der Waals surface area contributed by atoms with Crippen LogP contribution in [0.25, 0.3) is 0 Å². The van der Waals surface area contributed by atoms with Crippen LogP contribution in [0, 0.1) is 10.1 Å². The van der Waals surface area contributed by atoms with Gasteiger partial charge in [0.25, 0.3) is 11.6 Å². The molecule has 0 spiro atoms. The van der Waals surface area contributed by atoms with Gasteiger partial charge in [0, 0.05) is 19.2 Å². The van der Waals surface area contributed by atoms with E-state index in [4.69, 9.17) is 0 Å². The van der Waals surface area contributed by atoms with Crippen LogP contribution in [0.1, 0.15) is 9.67 Å². The van der Waals surface area contributed by atoms with E-state index in [1.54, 1.807) is 35.7 Å². The number of anilines is 1. The largest absolute Gasteiger partial charge is 0.378 e. The Morgan fingerprint density at radius 3 is 2.58 bits per heavy atom. The topological polar surface area (TPSA) is 113 Å². The van der Waals surface area contributed by atoms with Crippen LogP contribution in [0.2, 0.25) is 0 Å². The Kier molecular flexibility index (Phi) is 6.26. The second-order valence-electron chi connectivity index (χ2n) is 4.71. The maximum atomic E-state index is 11.7. The fourth-order valence-electron chi connectivity index (χ4n) is 1.90. The fourth-order valence-corrected chi connectivity index (χ4v) is 2.54. The van der Waals surface area contributed by atoms with Crippen molar-refractivity contribution in [2.75, 3.05) is 25.0 Å². The monoisotopic (exact) mass is 348 g/mol. The number of hydrogen-bond acceptors (Lipinski definition) is 6. The zero-order valence-corrected chi connectivity index (χ0v) is 13.5. The Hall–Kier alpha value is -2.94. The number of para-hydroxylation sites is 2. The molecular weight excluding hydrogens is 332 g/mol. The average Bonchev–Trinajstić information content (AvgIpc) is 3.11. The summed E-state index contributed by atoms with van der Waals surface area (Å²) in [4.78, 5) is 34.3. The second kappa shape index (κ2) is 8.63. The number of nitro groups is 1. The highest BCUT2D eigenvalue weighted by Gasteiger charge is 2.11. The Bertz CT molecular complexity index is 718. The molecule has 9 heteroatoms. The molecule has 0 aliphatic heterocycles. The van der Waals surface area contributed by atoms with Crippen molar-refractivity contribution >= 4 is 34.5 Å². The molecule has 126 valence electrons. The first-order chi connectivity index (χ1) is 11.6. The number of hydrogen-bond donors (Lipinski definition) is 3. The maximum absolute atomic E-state index is 11.7. The molecule has 1 heterocycles. The Morgan fingerprint density at radius 2 is 1.88 bits per heavy atom. The number of rotatable bonds is 8. The van der Waals surface area contributed by atoms with Gasteiger partial charge < -0.3 is 16.0 Å². The van der Waals surface area contributed by atoms with Crippen LogP contribution in [0.5, 0.6) is 0 Å². The minimum atomic E-state index is -0.471. The van der Waals surface area contributed by atoms with Gasteiger partial charge in [-0.25, -0.2) is 0 Å². The third kappa shape index (κ3) is 5.06. The van der Waals surface area contributed by atoms with Crippen LogP contribution in [0.3, 0.4) is 0 Å². The van der Waals surface area contributed by atoms with E-state index in [1.807, 2.05) is 0 Å². The number of thiophene rings is 1. The molecule has 1 aromatic carbocycles. The van der Waals surface area contributed by atoms with E-state index < -0.39 is 4.92 Å². The van der Waals surface area contributed by atoms with Gasteiger partial charge in [-0.3, -0.25) is 19.7 Å². The van der Waals surface area contributed by atoms with Crippen LogP contribution in [-0.4, -0.2) is 36.4 Å². The zero-order chi connectivity index (χ0) is 17.4. The van der Waals surface area contributed by atoms with Gasteiger partial charge in [0.1, 0.15) is 5.69 Å². The van der Waals surface area contributed by atoms with Gasteiger partial charge in [-0.1, -0.05) is 18.2 Å². The first-order valence-corrected chi connectivity index (χ1v) is 8.01. The molecule has 2 amide bonds. The number of nitro benzene ring substituents is 1. The van der Waals surface area contributed by atoms with Crippen molar-refractivity contribution in [3.05, 3.63) is 56.8 Å². The molecule has 24 heavy (non-hydrogen) atoms. The van der Waals surface area contributed by atoms with E-state index in [0.717, 1.165) is 0 Å². The van der Waals surface area contributed by atoms with Crippen molar-refractivity contribution in [2.24, 2.45) is 0 Å². The highest BCUT2D eigenvalue weighted by atomic mass is 32.1. The minimum absolute atomic E-state index is 0.0213. The third-order valence-electron chi connectivity index (χ3n) is 3.02. The van der Waals surface area contributed by atoms with Crippen LogP contribution in [0.15, 0.2) is 41.8 Å². The number of benzene rings is 1. The average molecular weight is 348 g/mol. The van der Waals surface area contributed by atoms with Crippen molar-refractivity contribution in [1.82, 2.24) is 10.6 Å². The lowest BCUT2D eigenvalue weighted by molar-refractivity contribution is -0.384. The smallest absolute Gasteiger partial charge is 0.292 e. The fraction of sp³-hybridized carbons (Fsp3) is 0.200. The van der Waals surface area contributed by atoms with E-state index in [0.29, 0.717) is 17.1 Å². The molecule has 1 aromatic heterocycles.